The molecule has 7 heteroatoms. The zero-order valence-corrected chi connectivity index (χ0v) is 21.0. The zero-order valence-electron chi connectivity index (χ0n) is 21.0. The van der Waals surface area contributed by atoms with Crippen molar-refractivity contribution in [3.63, 3.8) is 0 Å². The van der Waals surface area contributed by atoms with E-state index in [-0.39, 0.29) is 11.7 Å². The Hall–Kier alpha value is -3.19. The molecule has 3 atom stereocenters. The third-order valence-electron chi connectivity index (χ3n) is 8.17. The second-order valence-electron chi connectivity index (χ2n) is 10.5. The maximum atomic E-state index is 14.5. The van der Waals surface area contributed by atoms with Crippen molar-refractivity contribution in [2.24, 2.45) is 5.92 Å². The van der Waals surface area contributed by atoms with Crippen LogP contribution in [0.25, 0.3) is 5.69 Å². The van der Waals surface area contributed by atoms with Crippen LogP contribution in [0.2, 0.25) is 0 Å². The van der Waals surface area contributed by atoms with Crippen molar-refractivity contribution in [2.75, 3.05) is 18.6 Å². The van der Waals surface area contributed by atoms with Crippen molar-refractivity contribution in [1.82, 2.24) is 9.78 Å². The Morgan fingerprint density at radius 3 is 2.56 bits per heavy atom. The average molecular weight is 490 g/mol. The summed E-state index contributed by atoms with van der Waals surface area (Å²) in [5.74, 6) is -0.192. The van der Waals surface area contributed by atoms with Crippen LogP contribution in [0, 0.1) is 25.6 Å². The summed E-state index contributed by atoms with van der Waals surface area (Å²) in [4.78, 5) is 14.0. The molecule has 2 aromatic carbocycles. The van der Waals surface area contributed by atoms with Crippen LogP contribution in [0.1, 0.15) is 64.3 Å². The van der Waals surface area contributed by atoms with E-state index < -0.39 is 11.8 Å². The number of aromatic nitrogens is 2. The summed E-state index contributed by atoms with van der Waals surface area (Å²) in [5, 5.41) is 4.81. The van der Waals surface area contributed by atoms with E-state index >= 15 is 0 Å². The molecule has 2 saturated carbocycles. The quantitative estimate of drug-likeness (QED) is 0.412. The first-order valence-corrected chi connectivity index (χ1v) is 12.8. The van der Waals surface area contributed by atoms with E-state index in [9.17, 15) is 9.18 Å². The van der Waals surface area contributed by atoms with E-state index in [0.29, 0.717) is 24.5 Å². The fourth-order valence-corrected chi connectivity index (χ4v) is 6.17. The Balaban J connectivity index is 1.17. The molecule has 0 spiro atoms. The molecule has 6 rings (SSSR count). The van der Waals surface area contributed by atoms with Gasteiger partial charge in [0.2, 0.25) is 0 Å². The monoisotopic (exact) mass is 489 g/mol. The minimum Gasteiger partial charge on any atom is -0.465 e. The summed E-state index contributed by atoms with van der Waals surface area (Å²) < 4.78 is 27.9. The van der Waals surface area contributed by atoms with Gasteiger partial charge in [-0.1, -0.05) is 18.2 Å². The van der Waals surface area contributed by atoms with E-state index in [0.717, 1.165) is 30.8 Å². The lowest BCUT2D eigenvalue weighted by Gasteiger charge is -2.33. The second-order valence-corrected chi connectivity index (χ2v) is 10.5. The highest BCUT2D eigenvalue weighted by atomic mass is 19.1. The van der Waals surface area contributed by atoms with Gasteiger partial charge in [0.25, 0.3) is 0 Å². The van der Waals surface area contributed by atoms with Crippen LogP contribution in [-0.2, 0) is 16.1 Å². The molecule has 0 unspecified atom stereocenters. The van der Waals surface area contributed by atoms with Crippen molar-refractivity contribution in [2.45, 2.75) is 64.2 Å². The Morgan fingerprint density at radius 1 is 1.14 bits per heavy atom. The fourth-order valence-electron chi connectivity index (χ4n) is 6.17. The summed E-state index contributed by atoms with van der Waals surface area (Å²) in [6.07, 6.45) is 6.62. The zero-order chi connectivity index (χ0) is 25.0. The van der Waals surface area contributed by atoms with Crippen LogP contribution in [0.4, 0.5) is 10.1 Å². The highest BCUT2D eigenvalue weighted by molar-refractivity contribution is 5.90. The topological polar surface area (TPSA) is 56.6 Å². The number of carbonyl (C=O) groups excluding carboxylic acids is 1. The molecule has 2 bridgehead atoms. The summed E-state index contributed by atoms with van der Waals surface area (Å²) >= 11 is 0. The second kappa shape index (κ2) is 9.04. The maximum Gasteiger partial charge on any atom is 0.340 e. The fraction of sp³-hybridized carbons (Fsp3) is 0.448. The first-order chi connectivity index (χ1) is 17.4. The third kappa shape index (κ3) is 3.99. The van der Waals surface area contributed by atoms with Gasteiger partial charge < -0.3 is 14.4 Å². The smallest absolute Gasteiger partial charge is 0.340 e. The van der Waals surface area contributed by atoms with Gasteiger partial charge in [0, 0.05) is 24.2 Å². The lowest BCUT2D eigenvalue weighted by atomic mass is 10.0. The molecular formula is C29H32FN3O3. The summed E-state index contributed by atoms with van der Waals surface area (Å²) in [6, 6.07) is 11.5. The lowest BCUT2D eigenvalue weighted by molar-refractivity contribution is 0.00991. The standard InChI is InChI=1S/C29H32FN3O3/c1-17-5-4-6-18(2)28(17)33-26(24(14-31-33)19-7-8-19)16-36-27-13-22-11-20(27)15-32(22)21-9-10-23(25(30)12-21)29(34)35-3/h4-6,9-10,12,14,19-20,22,27H,7-8,11,13,15-16H2,1-3H3/t20-,22-,27+/m0/s1. The van der Waals surface area contributed by atoms with Crippen molar-refractivity contribution in [3.05, 3.63) is 76.4 Å². The van der Waals surface area contributed by atoms with Gasteiger partial charge in [0.05, 0.1) is 43.0 Å². The lowest BCUT2D eigenvalue weighted by Crippen LogP contribution is -2.38. The Morgan fingerprint density at radius 2 is 1.92 bits per heavy atom. The molecule has 0 radical (unpaired) electrons. The largest absolute Gasteiger partial charge is 0.465 e. The predicted molar refractivity (Wildman–Crippen MR) is 135 cm³/mol. The molecular weight excluding hydrogens is 457 g/mol. The SMILES string of the molecule is COC(=O)c1ccc(N2C[C@@H]3C[C@H]2C[C@H]3OCc2c(C3CC3)cnn2-c2c(C)cccc2C)cc1F. The van der Waals surface area contributed by atoms with Crippen LogP contribution >= 0.6 is 0 Å². The van der Waals surface area contributed by atoms with E-state index in [4.69, 9.17) is 9.84 Å². The number of aryl methyl sites for hydroxylation is 2. The molecule has 0 N–H and O–H groups in total. The summed E-state index contributed by atoms with van der Waals surface area (Å²) in [5.41, 5.74) is 6.86. The molecule has 2 aliphatic carbocycles. The van der Waals surface area contributed by atoms with Crippen molar-refractivity contribution in [1.29, 1.82) is 0 Å². The number of rotatable bonds is 7. The number of ether oxygens (including phenoxy) is 2. The average Bonchev–Trinajstić information content (AvgIpc) is 3.32. The van der Waals surface area contributed by atoms with E-state index in [1.807, 2.05) is 12.3 Å². The first-order valence-electron chi connectivity index (χ1n) is 12.8. The van der Waals surface area contributed by atoms with Crippen molar-refractivity contribution in [3.8, 4) is 5.69 Å². The van der Waals surface area contributed by atoms with Gasteiger partial charge in [0.1, 0.15) is 5.82 Å². The van der Waals surface area contributed by atoms with Gasteiger partial charge >= 0.3 is 5.97 Å². The van der Waals surface area contributed by atoms with Gasteiger partial charge in [-0.25, -0.2) is 13.9 Å². The molecule has 1 aromatic heterocycles. The number of anilines is 1. The van der Waals surface area contributed by atoms with Crippen LogP contribution in [0.3, 0.4) is 0 Å². The Kier molecular flexibility index (Phi) is 5.83. The number of fused-ring (bicyclic) bond motifs is 2. The number of carbonyl (C=O) groups is 1. The van der Waals surface area contributed by atoms with Gasteiger partial charge in [-0.15, -0.1) is 0 Å². The Bertz CT molecular complexity index is 1290. The molecule has 3 aromatic rings. The number of benzene rings is 2. The summed E-state index contributed by atoms with van der Waals surface area (Å²) in [6.45, 7) is 5.65. The first kappa shape index (κ1) is 23.2. The minimum absolute atomic E-state index is 0.0289. The van der Waals surface area contributed by atoms with Crippen LogP contribution in [0.5, 0.6) is 0 Å². The van der Waals surface area contributed by atoms with Crippen LogP contribution < -0.4 is 4.90 Å². The van der Waals surface area contributed by atoms with Gasteiger partial charge in [-0.3, -0.25) is 0 Å². The number of nitrogens with zero attached hydrogens (tertiary/aromatic N) is 3. The number of hydrogen-bond donors (Lipinski definition) is 0. The highest BCUT2D eigenvalue weighted by Crippen LogP contribution is 2.45. The van der Waals surface area contributed by atoms with Crippen LogP contribution in [0.15, 0.2) is 42.6 Å². The third-order valence-corrected chi connectivity index (χ3v) is 8.17. The number of halogens is 1. The Labute approximate surface area is 211 Å². The number of esters is 1. The van der Waals surface area contributed by atoms with Gasteiger partial charge in [-0.2, -0.15) is 5.10 Å². The maximum absolute atomic E-state index is 14.5. The van der Waals surface area contributed by atoms with Crippen molar-refractivity contribution < 1.29 is 18.7 Å². The highest BCUT2D eigenvalue weighted by Gasteiger charge is 2.45. The molecule has 1 saturated heterocycles. The van der Waals surface area contributed by atoms with Crippen molar-refractivity contribution >= 4 is 11.7 Å². The normalized spacial score (nSPS) is 22.9. The number of piperidine rings is 1. The molecule has 0 amide bonds. The summed E-state index contributed by atoms with van der Waals surface area (Å²) in [7, 11) is 1.26. The molecule has 188 valence electrons. The van der Waals surface area contributed by atoms with Gasteiger partial charge in [0.15, 0.2) is 0 Å². The molecule has 2 heterocycles. The molecule has 36 heavy (non-hydrogen) atoms. The van der Waals surface area contributed by atoms with E-state index in [1.54, 1.807) is 0 Å². The van der Waals surface area contributed by atoms with Gasteiger partial charge in [-0.05, 0) is 80.3 Å². The number of hydrogen-bond acceptors (Lipinski definition) is 5. The van der Waals surface area contributed by atoms with Crippen LogP contribution in [-0.4, -0.2) is 41.6 Å². The van der Waals surface area contributed by atoms with E-state index in [1.165, 1.54) is 54.5 Å². The molecule has 3 aliphatic rings. The predicted octanol–water partition coefficient (Wildman–Crippen LogP) is 5.48. The molecule has 6 nitrogen and oxygen atoms in total. The van der Waals surface area contributed by atoms with E-state index in [2.05, 4.69) is 46.4 Å². The molecule has 1 aliphatic heterocycles. The molecule has 3 fully saturated rings. The number of methoxy groups -OCH3 is 1. The number of para-hydroxylation sites is 1. The minimum atomic E-state index is -0.652.